The first-order valence-corrected chi connectivity index (χ1v) is 6.47. The number of hydrogen-bond acceptors (Lipinski definition) is 3. The van der Waals surface area contributed by atoms with E-state index in [4.69, 9.17) is 10.7 Å². The van der Waals surface area contributed by atoms with Gasteiger partial charge in [-0.1, -0.05) is 6.92 Å². The summed E-state index contributed by atoms with van der Waals surface area (Å²) in [7, 11) is 0.951. The number of nitrogens with zero attached hydrogens (tertiary/aromatic N) is 2. The first-order valence-electron chi connectivity index (χ1n) is 4.16. The Balaban J connectivity index is 3.21. The molecule has 86 valence electrons. The molecule has 8 heteroatoms. The summed E-state index contributed by atoms with van der Waals surface area (Å²) in [5.41, 5.74) is 0. The molecule has 0 unspecified atom stereocenters. The molecule has 1 aromatic rings. The van der Waals surface area contributed by atoms with Crippen molar-refractivity contribution >= 4 is 19.7 Å². The van der Waals surface area contributed by atoms with E-state index in [-0.39, 0.29) is 12.2 Å². The van der Waals surface area contributed by atoms with Gasteiger partial charge in [-0.2, -0.15) is 8.78 Å². The Morgan fingerprint density at radius 1 is 1.60 bits per heavy atom. The van der Waals surface area contributed by atoms with Crippen LogP contribution in [0, 0.1) is 0 Å². The molecule has 0 spiro atoms. The van der Waals surface area contributed by atoms with Crippen LogP contribution in [0.15, 0.2) is 11.2 Å². The van der Waals surface area contributed by atoms with Crippen LogP contribution < -0.4 is 0 Å². The van der Waals surface area contributed by atoms with E-state index < -0.39 is 20.6 Å². The molecule has 0 aliphatic carbocycles. The van der Waals surface area contributed by atoms with Gasteiger partial charge in [0, 0.05) is 23.3 Å². The molecule has 0 amide bonds. The standard InChI is InChI=1S/C7H9ClF2N2O2S/c1-2-3-5-11-6(15(8,13)14)4-12(5)7(9)10/h4,7H,2-3H2,1H3. The van der Waals surface area contributed by atoms with Gasteiger partial charge in [0.2, 0.25) is 0 Å². The second-order valence-corrected chi connectivity index (χ2v) is 5.38. The molecule has 0 N–H and O–H groups in total. The van der Waals surface area contributed by atoms with Crippen LogP contribution in [0.1, 0.15) is 25.7 Å². The van der Waals surface area contributed by atoms with Gasteiger partial charge in [0.25, 0.3) is 9.05 Å². The molecule has 0 saturated heterocycles. The second kappa shape index (κ2) is 4.44. The molecule has 0 atom stereocenters. The normalized spacial score (nSPS) is 12.3. The maximum atomic E-state index is 12.4. The predicted molar refractivity (Wildman–Crippen MR) is 50.5 cm³/mol. The third-order valence-electron chi connectivity index (χ3n) is 1.72. The van der Waals surface area contributed by atoms with Gasteiger partial charge in [0.15, 0.2) is 5.03 Å². The third kappa shape index (κ3) is 2.88. The van der Waals surface area contributed by atoms with Gasteiger partial charge in [-0.05, 0) is 6.42 Å². The van der Waals surface area contributed by atoms with Gasteiger partial charge in [0.1, 0.15) is 5.82 Å². The highest BCUT2D eigenvalue weighted by Gasteiger charge is 2.20. The van der Waals surface area contributed by atoms with Crippen LogP contribution in [0.2, 0.25) is 0 Å². The largest absolute Gasteiger partial charge is 0.319 e. The number of aromatic nitrogens is 2. The fourth-order valence-electron chi connectivity index (χ4n) is 1.10. The van der Waals surface area contributed by atoms with Gasteiger partial charge in [-0.25, -0.2) is 13.4 Å². The van der Waals surface area contributed by atoms with Gasteiger partial charge in [-0.15, -0.1) is 0 Å². The van der Waals surface area contributed by atoms with E-state index in [1.165, 1.54) is 0 Å². The zero-order chi connectivity index (χ0) is 11.6. The maximum absolute atomic E-state index is 12.4. The van der Waals surface area contributed by atoms with Crippen LogP contribution in [0.4, 0.5) is 8.78 Å². The number of aryl methyl sites for hydroxylation is 1. The summed E-state index contributed by atoms with van der Waals surface area (Å²) in [6.45, 7) is -1.04. The van der Waals surface area contributed by atoms with E-state index in [1.807, 2.05) is 0 Å². The molecule has 1 aromatic heterocycles. The van der Waals surface area contributed by atoms with Crippen molar-refractivity contribution in [2.45, 2.75) is 31.3 Å². The van der Waals surface area contributed by atoms with E-state index in [0.717, 1.165) is 6.20 Å². The number of alkyl halides is 2. The molecule has 0 saturated carbocycles. The highest BCUT2D eigenvalue weighted by molar-refractivity contribution is 8.13. The fourth-order valence-corrected chi connectivity index (χ4v) is 1.78. The molecule has 4 nitrogen and oxygen atoms in total. The van der Waals surface area contributed by atoms with Crippen LogP contribution in [0.25, 0.3) is 0 Å². The summed E-state index contributed by atoms with van der Waals surface area (Å²) in [5.74, 6) is 0.0201. The van der Waals surface area contributed by atoms with Gasteiger partial charge >= 0.3 is 6.55 Å². The van der Waals surface area contributed by atoms with Crippen molar-refractivity contribution in [3.05, 3.63) is 12.0 Å². The lowest BCUT2D eigenvalue weighted by atomic mass is 10.3. The SMILES string of the molecule is CCCc1nc(S(=O)(=O)Cl)cn1C(F)F. The number of halogens is 3. The highest BCUT2D eigenvalue weighted by atomic mass is 35.7. The molecule has 1 rings (SSSR count). The zero-order valence-corrected chi connectivity index (χ0v) is 9.39. The van der Waals surface area contributed by atoms with E-state index in [0.29, 0.717) is 11.0 Å². The fraction of sp³-hybridized carbons (Fsp3) is 0.571. The Bertz CT molecular complexity index is 444. The van der Waals surface area contributed by atoms with Gasteiger partial charge in [-0.3, -0.25) is 4.57 Å². The second-order valence-electron chi connectivity index (χ2n) is 2.87. The summed E-state index contributed by atoms with van der Waals surface area (Å²) in [4.78, 5) is 3.56. The minimum absolute atomic E-state index is 0.0201. The number of imidazole rings is 1. The lowest BCUT2D eigenvalue weighted by molar-refractivity contribution is 0.0668. The Kier molecular flexibility index (Phi) is 3.67. The molecule has 1 heterocycles. The number of hydrogen-bond donors (Lipinski definition) is 0. The van der Waals surface area contributed by atoms with E-state index in [9.17, 15) is 17.2 Å². The van der Waals surface area contributed by atoms with Crippen molar-refractivity contribution in [3.8, 4) is 0 Å². The highest BCUT2D eigenvalue weighted by Crippen LogP contribution is 2.20. The van der Waals surface area contributed by atoms with Crippen molar-refractivity contribution in [1.82, 2.24) is 9.55 Å². The third-order valence-corrected chi connectivity index (χ3v) is 2.89. The van der Waals surface area contributed by atoms with Crippen molar-refractivity contribution < 1.29 is 17.2 Å². The minimum atomic E-state index is -4.05. The lowest BCUT2D eigenvalue weighted by Crippen LogP contribution is -2.02. The molecule has 0 aliphatic heterocycles. The summed E-state index contributed by atoms with van der Waals surface area (Å²) in [6.07, 6.45) is 1.61. The van der Waals surface area contributed by atoms with E-state index in [2.05, 4.69) is 4.98 Å². The van der Waals surface area contributed by atoms with E-state index in [1.54, 1.807) is 6.92 Å². The topological polar surface area (TPSA) is 52.0 Å². The lowest BCUT2D eigenvalue weighted by Gasteiger charge is -2.03. The quantitative estimate of drug-likeness (QED) is 0.778. The molecule has 0 aliphatic rings. The summed E-state index contributed by atoms with van der Waals surface area (Å²) >= 11 is 0. The Hall–Kier alpha value is -0.690. The van der Waals surface area contributed by atoms with Crippen LogP contribution in [-0.4, -0.2) is 18.0 Å². The minimum Gasteiger partial charge on any atom is -0.276 e. The van der Waals surface area contributed by atoms with Crippen molar-refractivity contribution in [2.24, 2.45) is 0 Å². The van der Waals surface area contributed by atoms with Gasteiger partial charge in [0.05, 0.1) is 0 Å². The smallest absolute Gasteiger partial charge is 0.276 e. The first-order chi connectivity index (χ1) is 6.86. The van der Waals surface area contributed by atoms with E-state index >= 15 is 0 Å². The molecule has 0 radical (unpaired) electrons. The van der Waals surface area contributed by atoms with Crippen LogP contribution in [0.5, 0.6) is 0 Å². The van der Waals surface area contributed by atoms with Crippen LogP contribution in [-0.2, 0) is 15.5 Å². The molecule has 0 fully saturated rings. The predicted octanol–water partition coefficient (Wildman–Crippen LogP) is 2.16. The average molecular weight is 259 g/mol. The first kappa shape index (κ1) is 12.4. The molecule has 15 heavy (non-hydrogen) atoms. The van der Waals surface area contributed by atoms with Crippen molar-refractivity contribution in [1.29, 1.82) is 0 Å². The Morgan fingerprint density at radius 2 is 2.20 bits per heavy atom. The molecular formula is C7H9ClF2N2O2S. The van der Waals surface area contributed by atoms with Crippen LogP contribution >= 0.6 is 10.7 Å². The molecular weight excluding hydrogens is 250 g/mol. The molecule has 0 bridgehead atoms. The Labute approximate surface area is 90.3 Å². The average Bonchev–Trinajstić information content (AvgIpc) is 2.48. The van der Waals surface area contributed by atoms with Crippen molar-refractivity contribution in [3.63, 3.8) is 0 Å². The van der Waals surface area contributed by atoms with Crippen LogP contribution in [0.3, 0.4) is 0 Å². The molecule has 0 aromatic carbocycles. The number of rotatable bonds is 4. The summed E-state index contributed by atoms with van der Waals surface area (Å²) < 4.78 is 47.1. The summed E-state index contributed by atoms with van der Waals surface area (Å²) in [6, 6.07) is 0. The summed E-state index contributed by atoms with van der Waals surface area (Å²) in [5, 5.41) is -0.534. The zero-order valence-electron chi connectivity index (χ0n) is 7.82. The Morgan fingerprint density at radius 3 is 2.60 bits per heavy atom. The maximum Gasteiger partial charge on any atom is 0.319 e. The van der Waals surface area contributed by atoms with Crippen molar-refractivity contribution in [2.75, 3.05) is 0 Å². The van der Waals surface area contributed by atoms with Gasteiger partial charge < -0.3 is 0 Å². The monoisotopic (exact) mass is 258 g/mol.